The third-order valence-electron chi connectivity index (χ3n) is 6.31. The second-order valence-electron chi connectivity index (χ2n) is 8.26. The maximum Gasteiger partial charge on any atom is 0.169 e. The van der Waals surface area contributed by atoms with E-state index in [2.05, 4.69) is 68.5 Å². The van der Waals surface area contributed by atoms with Crippen molar-refractivity contribution in [3.8, 4) is 45.3 Å². The van der Waals surface area contributed by atoms with Crippen LogP contribution in [-0.4, -0.2) is 20.4 Å². The van der Waals surface area contributed by atoms with Crippen LogP contribution in [0, 0.1) is 6.92 Å². The van der Waals surface area contributed by atoms with Crippen molar-refractivity contribution in [2.75, 3.05) is 0 Å². The quantitative estimate of drug-likeness (QED) is 0.191. The Balaban J connectivity index is 1.65. The minimum absolute atomic E-state index is 0.00480. The van der Waals surface area contributed by atoms with E-state index < -0.39 is 23.0 Å². The monoisotopic (exact) mass is 452 g/mol. The van der Waals surface area contributed by atoms with Crippen molar-refractivity contribution in [1.82, 2.24) is 0 Å². The fourth-order valence-corrected chi connectivity index (χ4v) is 4.33. The highest BCUT2D eigenvalue weighted by Gasteiger charge is 2.22. The number of rotatable bonds is 5. The molecule has 0 aliphatic carbocycles. The van der Waals surface area contributed by atoms with Gasteiger partial charge in [0.1, 0.15) is 0 Å². The third kappa shape index (κ3) is 3.99. The van der Waals surface area contributed by atoms with E-state index in [1.807, 2.05) is 12.1 Å². The first-order chi connectivity index (χ1) is 16.4. The van der Waals surface area contributed by atoms with Crippen molar-refractivity contribution in [1.29, 1.82) is 0 Å². The lowest BCUT2D eigenvalue weighted by Crippen LogP contribution is -1.94. The molecule has 34 heavy (non-hydrogen) atoms. The number of phenolic OH excluding ortho intramolecular Hbond substituents is 4. The van der Waals surface area contributed by atoms with E-state index in [-0.39, 0.29) is 11.1 Å². The number of hydrogen-bond donors (Lipinski definition) is 4. The molecule has 0 atom stereocenters. The maximum atomic E-state index is 10.3. The first-order valence-electron chi connectivity index (χ1n) is 11.3. The highest BCUT2D eigenvalue weighted by atomic mass is 16.3. The molecule has 172 valence electrons. The highest BCUT2D eigenvalue weighted by molar-refractivity contribution is 5.85. The summed E-state index contributed by atoms with van der Waals surface area (Å²) >= 11 is 0. The van der Waals surface area contributed by atoms with Crippen molar-refractivity contribution in [2.45, 2.75) is 27.2 Å². The summed E-state index contributed by atoms with van der Waals surface area (Å²) in [6, 6.07) is 24.0. The van der Waals surface area contributed by atoms with Gasteiger partial charge in [-0.3, -0.25) is 0 Å². The van der Waals surface area contributed by atoms with Crippen LogP contribution in [0.1, 0.15) is 36.1 Å². The molecule has 4 aromatic rings. The second kappa shape index (κ2) is 9.36. The number of aromatic hydroxyl groups is 4. The number of hydrogen-bond acceptors (Lipinski definition) is 4. The standard InChI is InChI=1S/C30H28O4/c1-4-19-8-6-7-9-25(19)24(5-2)22-14-10-20(11-15-22)21-12-16-23(17-13-21)26-29(33)27(31)18(3)28(32)30(26)34/h5-17,31-34H,4H2,1-3H3/b24-5-. The lowest BCUT2D eigenvalue weighted by atomic mass is 9.91. The molecule has 0 aliphatic rings. The highest BCUT2D eigenvalue weighted by Crippen LogP contribution is 2.50. The Kier molecular flexibility index (Phi) is 6.33. The zero-order valence-electron chi connectivity index (χ0n) is 19.5. The molecule has 4 aromatic carbocycles. The molecule has 0 radical (unpaired) electrons. The lowest BCUT2D eigenvalue weighted by molar-refractivity contribution is 0.371. The van der Waals surface area contributed by atoms with Gasteiger partial charge in [-0.25, -0.2) is 0 Å². The SMILES string of the molecule is C/C=C(/c1ccc(-c2ccc(-c3c(O)c(O)c(C)c(O)c3O)cc2)cc1)c1ccccc1CC. The predicted molar refractivity (Wildman–Crippen MR) is 137 cm³/mol. The summed E-state index contributed by atoms with van der Waals surface area (Å²) in [7, 11) is 0. The molecule has 0 aromatic heterocycles. The van der Waals surface area contributed by atoms with Crippen LogP contribution < -0.4 is 0 Å². The minimum Gasteiger partial charge on any atom is -0.504 e. The topological polar surface area (TPSA) is 80.9 Å². The van der Waals surface area contributed by atoms with Gasteiger partial charge >= 0.3 is 0 Å². The van der Waals surface area contributed by atoms with Crippen molar-refractivity contribution in [3.63, 3.8) is 0 Å². The van der Waals surface area contributed by atoms with Crippen molar-refractivity contribution >= 4 is 5.57 Å². The van der Waals surface area contributed by atoms with E-state index in [1.165, 1.54) is 23.6 Å². The molecule has 0 fully saturated rings. The summed E-state index contributed by atoms with van der Waals surface area (Å²) in [5.41, 5.74) is 7.39. The molecule has 0 aliphatic heterocycles. The van der Waals surface area contributed by atoms with Gasteiger partial charge in [0.25, 0.3) is 0 Å². The molecule has 4 rings (SSSR count). The fourth-order valence-electron chi connectivity index (χ4n) is 4.33. The van der Waals surface area contributed by atoms with Crippen molar-refractivity contribution in [2.24, 2.45) is 0 Å². The fraction of sp³-hybridized carbons (Fsp3) is 0.133. The van der Waals surface area contributed by atoms with Crippen LogP contribution in [0.3, 0.4) is 0 Å². The molecular weight excluding hydrogens is 424 g/mol. The van der Waals surface area contributed by atoms with Crippen molar-refractivity contribution < 1.29 is 20.4 Å². The van der Waals surface area contributed by atoms with Gasteiger partial charge in [-0.05, 0) is 59.2 Å². The van der Waals surface area contributed by atoms with E-state index in [0.717, 1.165) is 23.1 Å². The molecule has 4 nitrogen and oxygen atoms in total. The third-order valence-corrected chi connectivity index (χ3v) is 6.31. The first-order valence-corrected chi connectivity index (χ1v) is 11.3. The van der Waals surface area contributed by atoms with Gasteiger partial charge in [-0.2, -0.15) is 0 Å². The van der Waals surface area contributed by atoms with E-state index in [9.17, 15) is 20.4 Å². The molecular formula is C30H28O4. The molecule has 0 saturated heterocycles. The van der Waals surface area contributed by atoms with Crippen LogP contribution in [0.5, 0.6) is 23.0 Å². The van der Waals surface area contributed by atoms with Gasteiger partial charge in [-0.15, -0.1) is 0 Å². The van der Waals surface area contributed by atoms with Crippen molar-refractivity contribution in [3.05, 3.63) is 101 Å². The normalized spacial score (nSPS) is 11.6. The number of benzene rings is 4. The van der Waals surface area contributed by atoms with Crippen LogP contribution in [-0.2, 0) is 6.42 Å². The smallest absolute Gasteiger partial charge is 0.169 e. The summed E-state index contributed by atoms with van der Waals surface area (Å²) in [5.74, 6) is -1.82. The molecule has 0 bridgehead atoms. The number of aryl methyl sites for hydroxylation is 1. The van der Waals surface area contributed by atoms with Crippen LogP contribution >= 0.6 is 0 Å². The van der Waals surface area contributed by atoms with E-state index >= 15 is 0 Å². The van der Waals surface area contributed by atoms with E-state index in [4.69, 9.17) is 0 Å². The van der Waals surface area contributed by atoms with Gasteiger partial charge in [0, 0.05) is 5.56 Å². The molecule has 0 unspecified atom stereocenters. The lowest BCUT2D eigenvalue weighted by Gasteiger charge is -2.14. The number of phenols is 4. The molecule has 0 amide bonds. The average Bonchev–Trinajstić information content (AvgIpc) is 2.88. The van der Waals surface area contributed by atoms with Gasteiger partial charge in [0.05, 0.1) is 5.56 Å². The average molecular weight is 453 g/mol. The Hall–Kier alpha value is -4.18. The summed E-state index contributed by atoms with van der Waals surface area (Å²) in [4.78, 5) is 0. The maximum absolute atomic E-state index is 10.3. The Labute approximate surface area is 199 Å². The molecule has 0 heterocycles. The Bertz CT molecular complexity index is 1340. The van der Waals surface area contributed by atoms with Gasteiger partial charge in [0.2, 0.25) is 0 Å². The van der Waals surface area contributed by atoms with Crippen LogP contribution in [0.25, 0.3) is 27.8 Å². The Morgan fingerprint density at radius 1 is 0.676 bits per heavy atom. The minimum atomic E-state index is -0.462. The van der Waals surface area contributed by atoms with Crippen LogP contribution in [0.4, 0.5) is 0 Å². The Morgan fingerprint density at radius 2 is 1.18 bits per heavy atom. The Morgan fingerprint density at radius 3 is 1.71 bits per heavy atom. The molecule has 0 saturated carbocycles. The zero-order valence-corrected chi connectivity index (χ0v) is 19.5. The molecule has 0 spiro atoms. The molecule has 4 N–H and O–H groups in total. The zero-order chi connectivity index (χ0) is 24.4. The van der Waals surface area contributed by atoms with E-state index in [1.54, 1.807) is 12.1 Å². The van der Waals surface area contributed by atoms with E-state index in [0.29, 0.717) is 5.56 Å². The molecule has 4 heteroatoms. The summed E-state index contributed by atoms with van der Waals surface area (Å²) in [5, 5.41) is 40.8. The largest absolute Gasteiger partial charge is 0.504 e. The van der Waals surface area contributed by atoms with Crippen LogP contribution in [0.15, 0.2) is 78.9 Å². The van der Waals surface area contributed by atoms with Crippen LogP contribution in [0.2, 0.25) is 0 Å². The first kappa shape index (κ1) is 23.0. The van der Waals surface area contributed by atoms with Gasteiger partial charge in [0.15, 0.2) is 23.0 Å². The number of allylic oxidation sites excluding steroid dienone is 1. The second-order valence-corrected chi connectivity index (χ2v) is 8.26. The summed E-state index contributed by atoms with van der Waals surface area (Å²) in [6.07, 6.45) is 3.11. The van der Waals surface area contributed by atoms with Gasteiger partial charge in [-0.1, -0.05) is 85.8 Å². The summed E-state index contributed by atoms with van der Waals surface area (Å²) in [6.45, 7) is 5.64. The summed E-state index contributed by atoms with van der Waals surface area (Å²) < 4.78 is 0. The van der Waals surface area contributed by atoms with Gasteiger partial charge < -0.3 is 20.4 Å². The predicted octanol–water partition coefficient (Wildman–Crippen LogP) is 7.17.